The van der Waals surface area contributed by atoms with Crippen LogP contribution >= 0.6 is 0 Å². The van der Waals surface area contributed by atoms with Crippen LogP contribution in [0.4, 0.5) is 4.39 Å². The zero-order chi connectivity index (χ0) is 17.9. The molecular weight excluding hydrogens is 311 g/mol. The van der Waals surface area contributed by atoms with Crippen molar-refractivity contribution >= 4 is 11.9 Å². The Balaban J connectivity index is 2.49. The summed E-state index contributed by atoms with van der Waals surface area (Å²) in [7, 11) is 3.45. The van der Waals surface area contributed by atoms with Crippen LogP contribution in [0.5, 0.6) is 5.75 Å². The Morgan fingerprint density at radius 2 is 2.04 bits per heavy atom. The molecule has 6 nitrogen and oxygen atoms in total. The van der Waals surface area contributed by atoms with E-state index in [1.165, 1.54) is 6.07 Å². The number of aliphatic imine (C=N–C) groups is 1. The molecule has 0 bridgehead atoms. The fourth-order valence-corrected chi connectivity index (χ4v) is 1.87. The molecule has 0 saturated carbocycles. The number of hydrogen-bond donors (Lipinski definition) is 2. The zero-order valence-corrected chi connectivity index (χ0v) is 14.8. The molecule has 0 aliphatic rings. The van der Waals surface area contributed by atoms with Crippen molar-refractivity contribution in [3.05, 3.63) is 30.1 Å². The molecule has 1 atom stereocenters. The molecule has 2 N–H and O–H groups in total. The van der Waals surface area contributed by atoms with E-state index in [4.69, 9.17) is 4.74 Å². The summed E-state index contributed by atoms with van der Waals surface area (Å²) in [5.41, 5.74) is 0. The quantitative estimate of drug-likeness (QED) is 0.558. The third-order valence-electron chi connectivity index (χ3n) is 3.15. The maximum atomic E-state index is 13.6. The van der Waals surface area contributed by atoms with Gasteiger partial charge in [0, 0.05) is 33.6 Å². The topological polar surface area (TPSA) is 66.0 Å². The maximum Gasteiger partial charge on any atom is 0.223 e. The van der Waals surface area contributed by atoms with E-state index in [-0.39, 0.29) is 23.6 Å². The smallest absolute Gasteiger partial charge is 0.223 e. The van der Waals surface area contributed by atoms with Gasteiger partial charge in [0.2, 0.25) is 5.91 Å². The van der Waals surface area contributed by atoms with Gasteiger partial charge < -0.3 is 20.3 Å². The van der Waals surface area contributed by atoms with Gasteiger partial charge in [0.15, 0.2) is 17.5 Å². The number of carbonyl (C=O) groups is 1. The van der Waals surface area contributed by atoms with E-state index in [1.807, 2.05) is 13.8 Å². The molecule has 0 aliphatic carbocycles. The van der Waals surface area contributed by atoms with Gasteiger partial charge in [-0.1, -0.05) is 12.1 Å². The Morgan fingerprint density at radius 3 is 2.67 bits per heavy atom. The van der Waals surface area contributed by atoms with Crippen molar-refractivity contribution in [2.24, 2.45) is 4.99 Å². The molecular formula is C17H27FN4O2. The highest BCUT2D eigenvalue weighted by Gasteiger charge is 2.08. The molecule has 0 fully saturated rings. The van der Waals surface area contributed by atoms with Gasteiger partial charge in [0.25, 0.3) is 0 Å². The summed E-state index contributed by atoms with van der Waals surface area (Å²) in [4.78, 5) is 17.5. The molecule has 1 rings (SSSR count). The van der Waals surface area contributed by atoms with Gasteiger partial charge in [0.1, 0.15) is 6.10 Å². The van der Waals surface area contributed by atoms with Gasteiger partial charge in [-0.05, 0) is 26.0 Å². The molecule has 0 aromatic heterocycles. The number of ether oxygens (including phenoxy) is 1. The normalized spacial score (nSPS) is 12.5. The molecule has 0 spiro atoms. The fourth-order valence-electron chi connectivity index (χ4n) is 1.87. The molecule has 7 heteroatoms. The lowest BCUT2D eigenvalue weighted by molar-refractivity contribution is -0.128. The largest absolute Gasteiger partial charge is 0.486 e. The SMILES string of the molecule is CCNC(=NCC(C)Oc1ccccc1F)NCCC(=O)N(C)C. The van der Waals surface area contributed by atoms with Crippen LogP contribution in [0.25, 0.3) is 0 Å². The van der Waals surface area contributed by atoms with Crippen LogP contribution in [0.3, 0.4) is 0 Å². The molecule has 134 valence electrons. The molecule has 1 aromatic carbocycles. The lowest BCUT2D eigenvalue weighted by atomic mass is 10.3. The second-order valence-electron chi connectivity index (χ2n) is 5.54. The van der Waals surface area contributed by atoms with Gasteiger partial charge in [-0.15, -0.1) is 0 Å². The number of guanidine groups is 1. The average molecular weight is 338 g/mol. The first-order valence-corrected chi connectivity index (χ1v) is 8.07. The molecule has 24 heavy (non-hydrogen) atoms. The maximum absolute atomic E-state index is 13.6. The lowest BCUT2D eigenvalue weighted by Crippen LogP contribution is -2.39. The Hall–Kier alpha value is -2.31. The average Bonchev–Trinajstić information content (AvgIpc) is 2.54. The predicted molar refractivity (Wildman–Crippen MR) is 93.8 cm³/mol. The van der Waals surface area contributed by atoms with Crippen molar-refractivity contribution in [2.45, 2.75) is 26.4 Å². The minimum atomic E-state index is -0.388. The molecule has 0 heterocycles. The van der Waals surface area contributed by atoms with E-state index in [2.05, 4.69) is 15.6 Å². The van der Waals surface area contributed by atoms with Crippen molar-refractivity contribution < 1.29 is 13.9 Å². The Labute approximate surface area is 143 Å². The molecule has 1 aromatic rings. The number of nitrogens with one attached hydrogen (secondary N) is 2. The number of benzene rings is 1. The summed E-state index contributed by atoms with van der Waals surface area (Å²) < 4.78 is 19.1. The number of carbonyl (C=O) groups excluding carboxylic acids is 1. The summed E-state index contributed by atoms with van der Waals surface area (Å²) in [6, 6.07) is 6.29. The number of hydrogen-bond acceptors (Lipinski definition) is 3. The summed E-state index contributed by atoms with van der Waals surface area (Å²) in [6.45, 7) is 5.35. The van der Waals surface area contributed by atoms with E-state index in [9.17, 15) is 9.18 Å². The van der Waals surface area contributed by atoms with Crippen molar-refractivity contribution in [3.8, 4) is 5.75 Å². The molecule has 0 radical (unpaired) electrons. The highest BCUT2D eigenvalue weighted by atomic mass is 19.1. The van der Waals surface area contributed by atoms with Crippen LogP contribution in [-0.2, 0) is 4.79 Å². The van der Waals surface area contributed by atoms with Crippen molar-refractivity contribution in [1.82, 2.24) is 15.5 Å². The molecule has 1 unspecified atom stereocenters. The minimum absolute atomic E-state index is 0.0506. The zero-order valence-electron chi connectivity index (χ0n) is 14.8. The molecule has 0 aliphatic heterocycles. The van der Waals surface area contributed by atoms with Gasteiger partial charge in [-0.3, -0.25) is 4.79 Å². The Kier molecular flexibility index (Phi) is 8.60. The second kappa shape index (κ2) is 10.5. The van der Waals surface area contributed by atoms with Crippen LogP contribution in [0.1, 0.15) is 20.3 Å². The highest BCUT2D eigenvalue weighted by molar-refractivity contribution is 5.81. The highest BCUT2D eigenvalue weighted by Crippen LogP contribution is 2.16. The number of nitrogens with zero attached hydrogens (tertiary/aromatic N) is 2. The van der Waals surface area contributed by atoms with Gasteiger partial charge in [-0.2, -0.15) is 0 Å². The summed E-state index contributed by atoms with van der Waals surface area (Å²) in [5.74, 6) is 0.484. The molecule has 1 amide bonds. The van der Waals surface area contributed by atoms with Crippen molar-refractivity contribution in [1.29, 1.82) is 0 Å². The molecule has 0 saturated heterocycles. The summed E-state index contributed by atoms with van der Waals surface area (Å²) in [6.07, 6.45) is 0.111. The second-order valence-corrected chi connectivity index (χ2v) is 5.54. The Bertz CT molecular complexity index is 549. The van der Waals surface area contributed by atoms with Gasteiger partial charge >= 0.3 is 0 Å². The Morgan fingerprint density at radius 1 is 1.33 bits per heavy atom. The van der Waals surface area contributed by atoms with E-state index in [0.717, 1.165) is 0 Å². The summed E-state index contributed by atoms with van der Waals surface area (Å²) in [5, 5.41) is 6.20. The van der Waals surface area contributed by atoms with Crippen LogP contribution in [0.2, 0.25) is 0 Å². The third kappa shape index (κ3) is 7.30. The first-order valence-electron chi connectivity index (χ1n) is 8.07. The van der Waals surface area contributed by atoms with Gasteiger partial charge in [0.05, 0.1) is 6.54 Å². The van der Waals surface area contributed by atoms with E-state index < -0.39 is 0 Å². The number of rotatable bonds is 8. The van der Waals surface area contributed by atoms with Crippen molar-refractivity contribution in [3.63, 3.8) is 0 Å². The fraction of sp³-hybridized carbons (Fsp3) is 0.529. The van der Waals surface area contributed by atoms with Crippen LogP contribution in [-0.4, -0.2) is 56.6 Å². The standard InChI is InChI=1S/C17H27FN4O2/c1-5-19-17(20-11-10-16(23)22(3)4)21-12-13(2)24-15-9-7-6-8-14(15)18/h6-9,13H,5,10-12H2,1-4H3,(H2,19,20,21). The third-order valence-corrected chi connectivity index (χ3v) is 3.15. The first kappa shape index (κ1) is 19.7. The number of halogens is 1. The van der Waals surface area contributed by atoms with Crippen LogP contribution in [0.15, 0.2) is 29.3 Å². The lowest BCUT2D eigenvalue weighted by Gasteiger charge is -2.16. The van der Waals surface area contributed by atoms with Crippen LogP contribution < -0.4 is 15.4 Å². The summed E-state index contributed by atoms with van der Waals surface area (Å²) >= 11 is 0. The predicted octanol–water partition coefficient (Wildman–Crippen LogP) is 1.63. The van der Waals surface area contributed by atoms with Crippen molar-refractivity contribution in [2.75, 3.05) is 33.7 Å². The first-order chi connectivity index (χ1) is 11.4. The number of para-hydroxylation sites is 1. The van der Waals surface area contributed by atoms with E-state index >= 15 is 0 Å². The van der Waals surface area contributed by atoms with Gasteiger partial charge in [-0.25, -0.2) is 9.38 Å². The van der Waals surface area contributed by atoms with E-state index in [1.54, 1.807) is 37.2 Å². The van der Waals surface area contributed by atoms with Crippen LogP contribution in [0, 0.1) is 5.82 Å². The minimum Gasteiger partial charge on any atom is -0.486 e. The monoisotopic (exact) mass is 338 g/mol. The number of amides is 1. The van der Waals surface area contributed by atoms with E-state index in [0.29, 0.717) is 32.0 Å².